The van der Waals surface area contributed by atoms with Crippen LogP contribution in [0.3, 0.4) is 0 Å². The van der Waals surface area contributed by atoms with Crippen LogP contribution in [0.5, 0.6) is 0 Å². The molecule has 4 aromatic rings. The van der Waals surface area contributed by atoms with Crippen LogP contribution in [0, 0.1) is 12.8 Å². The third kappa shape index (κ3) is 6.28. The number of aryl methyl sites for hydroxylation is 1. The van der Waals surface area contributed by atoms with E-state index in [-0.39, 0.29) is 29.7 Å². The van der Waals surface area contributed by atoms with Crippen molar-refractivity contribution >= 4 is 34.4 Å². The van der Waals surface area contributed by atoms with E-state index in [1.165, 1.54) is 6.07 Å². The number of pyridine rings is 1. The number of rotatable bonds is 9. The van der Waals surface area contributed by atoms with E-state index in [9.17, 15) is 22.8 Å². The average molecular weight is 573 g/mol. The molecule has 1 atom stereocenters. The number of nitrogens with one attached hydrogen (secondary N) is 1. The molecular formula is C29H28ClF3N4O3. The summed E-state index contributed by atoms with van der Waals surface area (Å²) in [6.45, 7) is 6.07. The third-order valence-corrected chi connectivity index (χ3v) is 6.97. The molecule has 2 N–H and O–H groups in total. The smallest absolute Gasteiger partial charge is 0.416 e. The summed E-state index contributed by atoms with van der Waals surface area (Å²) >= 11 is 6.28. The number of carboxylic acids is 1. The van der Waals surface area contributed by atoms with Gasteiger partial charge in [-0.25, -0.2) is 0 Å². The Bertz CT molecular complexity index is 1550. The van der Waals surface area contributed by atoms with Gasteiger partial charge in [-0.05, 0) is 60.2 Å². The fraction of sp³-hybridized carbons (Fsp3) is 0.310. The van der Waals surface area contributed by atoms with Gasteiger partial charge in [0.05, 0.1) is 29.7 Å². The average Bonchev–Trinajstić information content (AvgIpc) is 3.32. The van der Waals surface area contributed by atoms with Gasteiger partial charge in [-0.1, -0.05) is 43.6 Å². The van der Waals surface area contributed by atoms with Crippen LogP contribution in [0.15, 0.2) is 54.9 Å². The molecule has 0 bridgehead atoms. The van der Waals surface area contributed by atoms with Gasteiger partial charge in [0.15, 0.2) is 0 Å². The van der Waals surface area contributed by atoms with E-state index in [4.69, 9.17) is 16.7 Å². The van der Waals surface area contributed by atoms with Crippen LogP contribution in [-0.2, 0) is 11.0 Å². The van der Waals surface area contributed by atoms with E-state index in [1.54, 1.807) is 18.5 Å². The number of aromatic nitrogens is 3. The second-order valence-electron chi connectivity index (χ2n) is 9.97. The van der Waals surface area contributed by atoms with Gasteiger partial charge in [-0.3, -0.25) is 19.3 Å². The van der Waals surface area contributed by atoms with Crippen LogP contribution >= 0.6 is 11.6 Å². The number of amides is 1. The number of hydrogen-bond acceptors (Lipinski definition) is 4. The molecule has 0 radical (unpaired) electrons. The first-order valence-electron chi connectivity index (χ1n) is 12.7. The van der Waals surface area contributed by atoms with Crippen molar-refractivity contribution in [2.45, 2.75) is 45.8 Å². The lowest BCUT2D eigenvalue weighted by Crippen LogP contribution is -2.27. The minimum atomic E-state index is -4.48. The van der Waals surface area contributed by atoms with E-state index in [2.05, 4.69) is 29.2 Å². The van der Waals surface area contributed by atoms with Crippen molar-refractivity contribution in [3.05, 3.63) is 82.3 Å². The van der Waals surface area contributed by atoms with Crippen LogP contribution in [0.2, 0.25) is 5.02 Å². The van der Waals surface area contributed by atoms with Crippen molar-refractivity contribution in [3.63, 3.8) is 0 Å². The monoisotopic (exact) mass is 572 g/mol. The maximum Gasteiger partial charge on any atom is 0.416 e. The van der Waals surface area contributed by atoms with E-state index in [1.807, 2.05) is 29.8 Å². The second-order valence-corrected chi connectivity index (χ2v) is 10.4. The number of aliphatic carboxylic acids is 1. The van der Waals surface area contributed by atoms with Crippen molar-refractivity contribution in [2.75, 3.05) is 6.54 Å². The number of benzene rings is 2. The largest absolute Gasteiger partial charge is 0.481 e. The molecule has 1 unspecified atom stereocenters. The first-order valence-corrected chi connectivity index (χ1v) is 13.0. The molecule has 0 spiro atoms. The third-order valence-electron chi connectivity index (χ3n) is 6.65. The van der Waals surface area contributed by atoms with Gasteiger partial charge in [-0.15, -0.1) is 0 Å². The number of carbonyl (C=O) groups excluding carboxylic acids is 1. The number of alkyl halides is 3. The highest BCUT2D eigenvalue weighted by Crippen LogP contribution is 2.39. The number of carboxylic acid groups (broad SMARTS) is 1. The number of hydrogen-bond donors (Lipinski definition) is 2. The minimum absolute atomic E-state index is 0.00583. The Morgan fingerprint density at radius 2 is 1.80 bits per heavy atom. The molecule has 210 valence electrons. The first kappa shape index (κ1) is 29.1. The summed E-state index contributed by atoms with van der Waals surface area (Å²) in [7, 11) is 0. The molecule has 0 saturated heterocycles. The highest BCUT2D eigenvalue weighted by molar-refractivity contribution is 6.33. The lowest BCUT2D eigenvalue weighted by molar-refractivity contribution is -0.138. The molecule has 1 amide bonds. The first-order chi connectivity index (χ1) is 18.9. The molecule has 11 heteroatoms. The molecule has 0 aliphatic heterocycles. The molecule has 0 saturated carbocycles. The topological polar surface area (TPSA) is 97.1 Å². The molecule has 0 aliphatic carbocycles. The van der Waals surface area contributed by atoms with Crippen molar-refractivity contribution in [3.8, 4) is 11.1 Å². The maximum absolute atomic E-state index is 13.1. The quantitative estimate of drug-likeness (QED) is 0.227. The lowest BCUT2D eigenvalue weighted by atomic mass is 9.95. The van der Waals surface area contributed by atoms with Crippen LogP contribution < -0.4 is 5.32 Å². The predicted molar refractivity (Wildman–Crippen MR) is 146 cm³/mol. The highest BCUT2D eigenvalue weighted by Gasteiger charge is 2.31. The minimum Gasteiger partial charge on any atom is -0.481 e. The summed E-state index contributed by atoms with van der Waals surface area (Å²) in [5.74, 6) is -1.16. The van der Waals surface area contributed by atoms with Crippen LogP contribution in [0.25, 0.3) is 22.0 Å². The maximum atomic E-state index is 13.1. The lowest BCUT2D eigenvalue weighted by Gasteiger charge is -2.21. The van der Waals surface area contributed by atoms with Crippen molar-refractivity contribution in [1.29, 1.82) is 0 Å². The zero-order valence-corrected chi connectivity index (χ0v) is 22.8. The zero-order valence-electron chi connectivity index (χ0n) is 22.1. The standard InChI is InChI=1S/C29H28ClF3N4O3/c1-16(2)12-26(18-4-8-24(35-14-18)28(40)34-11-10-27(38)39)37-25-9-7-20(17(3)22(25)15-36-37)21-6-5-19(13-23(21)30)29(31,32)33/h4-9,13-16,26H,10-12H2,1-3H3,(H,34,40)(H,38,39). The van der Waals surface area contributed by atoms with Crippen LogP contribution in [-0.4, -0.2) is 38.3 Å². The second kappa shape index (κ2) is 11.7. The summed E-state index contributed by atoms with van der Waals surface area (Å²) in [6.07, 6.45) is -0.578. The van der Waals surface area contributed by atoms with Crippen LogP contribution in [0.1, 0.15) is 59.9 Å². The molecule has 2 aromatic carbocycles. The van der Waals surface area contributed by atoms with Gasteiger partial charge in [0.1, 0.15) is 5.69 Å². The van der Waals surface area contributed by atoms with Gasteiger partial charge in [0.2, 0.25) is 0 Å². The molecule has 4 rings (SSSR count). The molecule has 2 heterocycles. The van der Waals surface area contributed by atoms with Crippen molar-refractivity contribution < 1.29 is 27.9 Å². The van der Waals surface area contributed by atoms with Gasteiger partial charge in [-0.2, -0.15) is 18.3 Å². The van der Waals surface area contributed by atoms with Gasteiger partial charge < -0.3 is 10.4 Å². The number of fused-ring (bicyclic) bond motifs is 1. The number of carbonyl (C=O) groups is 2. The molecule has 40 heavy (non-hydrogen) atoms. The fourth-order valence-electron chi connectivity index (χ4n) is 4.64. The fourth-order valence-corrected chi connectivity index (χ4v) is 4.93. The Morgan fingerprint density at radius 1 is 1.07 bits per heavy atom. The molecular weight excluding hydrogens is 545 g/mol. The summed E-state index contributed by atoms with van der Waals surface area (Å²) in [4.78, 5) is 27.3. The summed E-state index contributed by atoms with van der Waals surface area (Å²) in [5, 5.41) is 16.8. The van der Waals surface area contributed by atoms with Crippen molar-refractivity contribution in [1.82, 2.24) is 20.1 Å². The van der Waals surface area contributed by atoms with E-state index in [0.717, 1.165) is 40.6 Å². The van der Waals surface area contributed by atoms with E-state index in [0.29, 0.717) is 17.0 Å². The highest BCUT2D eigenvalue weighted by atomic mass is 35.5. The zero-order chi connectivity index (χ0) is 29.2. The number of halogens is 4. The Hall–Kier alpha value is -3.92. The summed E-state index contributed by atoms with van der Waals surface area (Å²) in [6, 6.07) is 10.3. The molecule has 2 aromatic heterocycles. The SMILES string of the molecule is Cc1c(-c2ccc(C(F)(F)F)cc2Cl)ccc2c1cnn2C(CC(C)C)c1ccc(C(=O)NCCC(=O)O)nc1. The molecule has 7 nitrogen and oxygen atoms in total. The Morgan fingerprint density at radius 3 is 2.40 bits per heavy atom. The summed E-state index contributed by atoms with van der Waals surface area (Å²) in [5.41, 5.74) is 3.10. The van der Waals surface area contributed by atoms with E-state index < -0.39 is 23.6 Å². The van der Waals surface area contributed by atoms with Crippen LogP contribution in [0.4, 0.5) is 13.2 Å². The Kier molecular flexibility index (Phi) is 8.48. The normalized spacial score (nSPS) is 12.6. The van der Waals surface area contributed by atoms with Gasteiger partial charge in [0, 0.05) is 28.7 Å². The van der Waals surface area contributed by atoms with Gasteiger partial charge >= 0.3 is 12.1 Å². The number of nitrogens with zero attached hydrogens (tertiary/aromatic N) is 3. The Balaban J connectivity index is 1.67. The molecule has 0 fully saturated rings. The van der Waals surface area contributed by atoms with Gasteiger partial charge in [0.25, 0.3) is 5.91 Å². The van der Waals surface area contributed by atoms with Crippen molar-refractivity contribution in [2.24, 2.45) is 5.92 Å². The predicted octanol–water partition coefficient (Wildman–Crippen LogP) is 6.92. The summed E-state index contributed by atoms with van der Waals surface area (Å²) < 4.78 is 41.3. The molecule has 0 aliphatic rings. The van der Waals surface area contributed by atoms with E-state index >= 15 is 0 Å². The Labute approximate surface area is 234 Å².